The molecule has 1 aliphatic rings. The highest BCUT2D eigenvalue weighted by atomic mass is 32.2. The average Bonchev–Trinajstić information content (AvgIpc) is 2.84. The van der Waals surface area contributed by atoms with Crippen LogP contribution in [0.2, 0.25) is 0 Å². The number of rotatable bonds is 4. The molecule has 0 bridgehead atoms. The van der Waals surface area contributed by atoms with Crippen LogP contribution in [0.15, 0.2) is 17.3 Å². The number of H-pyrrole nitrogens is 1. The molecule has 0 saturated carbocycles. The number of nitrogens with zero attached hydrogens (tertiary/aromatic N) is 1. The van der Waals surface area contributed by atoms with Gasteiger partial charge in [-0.15, -0.1) is 0 Å². The van der Waals surface area contributed by atoms with Crippen molar-refractivity contribution in [1.29, 1.82) is 0 Å². The molecule has 1 aromatic rings. The topological polar surface area (TPSA) is 104 Å². The van der Waals surface area contributed by atoms with Crippen molar-refractivity contribution in [1.82, 2.24) is 14.9 Å². The highest BCUT2D eigenvalue weighted by molar-refractivity contribution is 7.89. The quantitative estimate of drug-likeness (QED) is 0.660. The van der Waals surface area contributed by atoms with Crippen LogP contribution in [0.1, 0.15) is 12.8 Å². The summed E-state index contributed by atoms with van der Waals surface area (Å²) in [6, 6.07) is 1.37. The predicted molar refractivity (Wildman–Crippen MR) is 58.8 cm³/mol. The van der Waals surface area contributed by atoms with Crippen molar-refractivity contribution < 1.29 is 18.3 Å². The first kappa shape index (κ1) is 12.5. The largest absolute Gasteiger partial charge is 0.394 e. The molecule has 0 unspecified atom stereocenters. The van der Waals surface area contributed by atoms with Gasteiger partial charge >= 0.3 is 0 Å². The second-order valence-corrected chi connectivity index (χ2v) is 5.73. The first-order chi connectivity index (χ1) is 8.08. The molecule has 96 valence electrons. The molecule has 1 fully saturated rings. The molecule has 0 radical (unpaired) electrons. The summed E-state index contributed by atoms with van der Waals surface area (Å²) in [5, 5.41) is 15.4. The van der Waals surface area contributed by atoms with Crippen molar-refractivity contribution in [3.05, 3.63) is 12.3 Å². The molecule has 17 heavy (non-hydrogen) atoms. The van der Waals surface area contributed by atoms with E-state index in [-0.39, 0.29) is 11.6 Å². The van der Waals surface area contributed by atoms with Crippen LogP contribution in [-0.2, 0) is 14.8 Å². The fraction of sp³-hybridized carbons (Fsp3) is 0.667. The van der Waals surface area contributed by atoms with Crippen molar-refractivity contribution in [2.45, 2.75) is 23.4 Å². The predicted octanol–water partition coefficient (Wildman–Crippen LogP) is -0.771. The lowest BCUT2D eigenvalue weighted by Crippen LogP contribution is -2.54. The van der Waals surface area contributed by atoms with Crippen LogP contribution in [0.3, 0.4) is 0 Å². The third-order valence-electron chi connectivity index (χ3n) is 2.87. The van der Waals surface area contributed by atoms with E-state index in [2.05, 4.69) is 14.9 Å². The number of hydrogen-bond acceptors (Lipinski definition) is 5. The third-order valence-corrected chi connectivity index (χ3v) is 4.38. The Labute approximate surface area is 99.2 Å². The van der Waals surface area contributed by atoms with E-state index >= 15 is 0 Å². The smallest absolute Gasteiger partial charge is 0.258 e. The number of aliphatic hydroxyl groups is 1. The number of sulfonamides is 1. The van der Waals surface area contributed by atoms with E-state index in [0.717, 1.165) is 0 Å². The zero-order chi connectivity index (χ0) is 12.4. The summed E-state index contributed by atoms with van der Waals surface area (Å²) in [6.45, 7) is 0.627. The zero-order valence-corrected chi connectivity index (χ0v) is 10.0. The molecular formula is C9H15N3O4S. The van der Waals surface area contributed by atoms with Gasteiger partial charge in [-0.2, -0.15) is 5.10 Å². The summed E-state index contributed by atoms with van der Waals surface area (Å²) >= 11 is 0. The SMILES string of the molecule is O=S(=O)(NC1(CO)CCOCC1)c1ccn[nH]1. The van der Waals surface area contributed by atoms with Crippen molar-refractivity contribution >= 4 is 10.0 Å². The van der Waals surface area contributed by atoms with E-state index in [4.69, 9.17) is 4.74 Å². The van der Waals surface area contributed by atoms with E-state index < -0.39 is 15.6 Å². The van der Waals surface area contributed by atoms with E-state index in [1.165, 1.54) is 12.3 Å². The summed E-state index contributed by atoms with van der Waals surface area (Å²) in [6.07, 6.45) is 2.28. The summed E-state index contributed by atoms with van der Waals surface area (Å²) in [5.74, 6) is 0. The van der Waals surface area contributed by atoms with Crippen LogP contribution in [0.5, 0.6) is 0 Å². The first-order valence-corrected chi connectivity index (χ1v) is 6.78. The lowest BCUT2D eigenvalue weighted by atomic mass is 9.93. The van der Waals surface area contributed by atoms with Crippen LogP contribution in [-0.4, -0.2) is 49.1 Å². The number of aliphatic hydroxyl groups excluding tert-OH is 1. The van der Waals surface area contributed by atoms with Gasteiger partial charge in [0, 0.05) is 13.2 Å². The average molecular weight is 261 g/mol. The van der Waals surface area contributed by atoms with Crippen molar-refractivity contribution in [3.8, 4) is 0 Å². The Morgan fingerprint density at radius 3 is 2.76 bits per heavy atom. The first-order valence-electron chi connectivity index (χ1n) is 5.30. The molecule has 0 amide bonds. The molecule has 7 nitrogen and oxygen atoms in total. The maximum absolute atomic E-state index is 12.0. The molecule has 8 heteroatoms. The molecule has 1 aliphatic heterocycles. The minimum absolute atomic E-state index is 0.00295. The molecule has 0 atom stereocenters. The molecule has 1 saturated heterocycles. The van der Waals surface area contributed by atoms with Gasteiger partial charge < -0.3 is 9.84 Å². The lowest BCUT2D eigenvalue weighted by molar-refractivity contribution is 0.0222. The Kier molecular flexibility index (Phi) is 3.48. The summed E-state index contributed by atoms with van der Waals surface area (Å²) < 4.78 is 31.7. The molecule has 3 N–H and O–H groups in total. The van der Waals surface area contributed by atoms with E-state index in [9.17, 15) is 13.5 Å². The van der Waals surface area contributed by atoms with Gasteiger partial charge in [-0.1, -0.05) is 0 Å². The maximum Gasteiger partial charge on any atom is 0.258 e. The van der Waals surface area contributed by atoms with Gasteiger partial charge in [-0.25, -0.2) is 13.1 Å². The van der Waals surface area contributed by atoms with Crippen LogP contribution >= 0.6 is 0 Å². The van der Waals surface area contributed by atoms with E-state index in [1.54, 1.807) is 0 Å². The highest BCUT2D eigenvalue weighted by Crippen LogP contribution is 2.22. The number of hydrogen-bond donors (Lipinski definition) is 3. The van der Waals surface area contributed by atoms with Crippen molar-refractivity contribution in [2.24, 2.45) is 0 Å². The monoisotopic (exact) mass is 261 g/mol. The van der Waals surface area contributed by atoms with Crippen LogP contribution in [0.4, 0.5) is 0 Å². The Balaban J connectivity index is 2.19. The maximum atomic E-state index is 12.0. The summed E-state index contributed by atoms with van der Waals surface area (Å²) in [4.78, 5) is 0. The fourth-order valence-electron chi connectivity index (χ4n) is 1.79. The Morgan fingerprint density at radius 1 is 1.53 bits per heavy atom. The normalized spacial score (nSPS) is 20.3. The van der Waals surface area contributed by atoms with E-state index in [0.29, 0.717) is 26.1 Å². The highest BCUT2D eigenvalue weighted by Gasteiger charge is 2.36. The van der Waals surface area contributed by atoms with Gasteiger partial charge in [-0.3, -0.25) is 5.10 Å². The van der Waals surface area contributed by atoms with E-state index in [1.807, 2.05) is 0 Å². The number of ether oxygens (including phenoxy) is 1. The zero-order valence-electron chi connectivity index (χ0n) is 9.22. The van der Waals surface area contributed by atoms with Crippen molar-refractivity contribution in [3.63, 3.8) is 0 Å². The van der Waals surface area contributed by atoms with Crippen LogP contribution in [0, 0.1) is 0 Å². The molecule has 2 heterocycles. The fourth-order valence-corrected chi connectivity index (χ4v) is 3.15. The van der Waals surface area contributed by atoms with Gasteiger partial charge in [0.15, 0.2) is 5.03 Å². The molecule has 2 rings (SSSR count). The van der Waals surface area contributed by atoms with Gasteiger partial charge in [0.05, 0.1) is 18.3 Å². The molecular weight excluding hydrogens is 246 g/mol. The summed E-state index contributed by atoms with van der Waals surface area (Å²) in [5.41, 5.74) is -0.831. The number of aromatic nitrogens is 2. The van der Waals surface area contributed by atoms with Gasteiger partial charge in [-0.05, 0) is 18.9 Å². The molecule has 0 spiro atoms. The minimum Gasteiger partial charge on any atom is -0.394 e. The standard InChI is InChI=1S/C9H15N3O4S/c13-7-9(2-5-16-6-3-9)12-17(14,15)8-1-4-10-11-8/h1,4,12-13H,2-3,5-7H2,(H,10,11). The van der Waals surface area contributed by atoms with Crippen LogP contribution in [0.25, 0.3) is 0 Å². The third kappa shape index (κ3) is 2.65. The Morgan fingerprint density at radius 2 is 2.24 bits per heavy atom. The Bertz CT molecular complexity index is 451. The second kappa shape index (κ2) is 4.73. The van der Waals surface area contributed by atoms with Gasteiger partial charge in [0.1, 0.15) is 0 Å². The van der Waals surface area contributed by atoms with Crippen molar-refractivity contribution in [2.75, 3.05) is 19.8 Å². The number of nitrogens with one attached hydrogen (secondary N) is 2. The summed E-state index contributed by atoms with van der Waals surface area (Å²) in [7, 11) is -3.67. The Hall–Kier alpha value is -0.960. The lowest BCUT2D eigenvalue weighted by Gasteiger charge is -2.35. The number of aromatic amines is 1. The molecule has 1 aromatic heterocycles. The molecule has 0 aromatic carbocycles. The van der Waals surface area contributed by atoms with Crippen LogP contribution < -0.4 is 4.72 Å². The molecule has 0 aliphatic carbocycles. The van der Waals surface area contributed by atoms with Gasteiger partial charge in [0.25, 0.3) is 10.0 Å². The second-order valence-electron chi connectivity index (χ2n) is 4.08. The van der Waals surface area contributed by atoms with Gasteiger partial charge in [0.2, 0.25) is 0 Å². The minimum atomic E-state index is -3.67.